The van der Waals surface area contributed by atoms with Crippen molar-refractivity contribution in [3.05, 3.63) is 52.6 Å². The zero-order chi connectivity index (χ0) is 14.5. The van der Waals surface area contributed by atoms with Crippen LogP contribution in [-0.2, 0) is 26.6 Å². The summed E-state index contributed by atoms with van der Waals surface area (Å²) in [5.74, 6) is -0.378. The fourth-order valence-corrected chi connectivity index (χ4v) is 2.19. The van der Waals surface area contributed by atoms with Crippen molar-refractivity contribution in [2.45, 2.75) is 26.4 Å². The molecule has 2 aromatic rings. The minimum Gasteiger partial charge on any atom is -0.308 e. The van der Waals surface area contributed by atoms with Gasteiger partial charge in [-0.2, -0.15) is 10.4 Å². The fraction of sp³-hybridized carbons (Fsp3) is 0.333. The van der Waals surface area contributed by atoms with E-state index in [1.807, 2.05) is 19.3 Å². The highest BCUT2D eigenvalue weighted by molar-refractivity contribution is 5.33. The number of benzene rings is 1. The molecular weight excluding hydrogens is 255 g/mol. The summed E-state index contributed by atoms with van der Waals surface area (Å²) < 4.78 is 15.1. The summed E-state index contributed by atoms with van der Waals surface area (Å²) in [6, 6.07) is 6.33. The largest absolute Gasteiger partial charge is 0.308 e. The average molecular weight is 272 g/mol. The Kier molecular flexibility index (Phi) is 4.49. The zero-order valence-electron chi connectivity index (χ0n) is 11.7. The maximum Gasteiger partial charge on any atom is 0.124 e. The lowest BCUT2D eigenvalue weighted by atomic mass is 10.1. The third-order valence-corrected chi connectivity index (χ3v) is 3.06. The van der Waals surface area contributed by atoms with E-state index in [1.54, 1.807) is 10.7 Å². The van der Waals surface area contributed by atoms with Gasteiger partial charge in [0.25, 0.3) is 0 Å². The van der Waals surface area contributed by atoms with E-state index in [0.717, 1.165) is 23.2 Å². The van der Waals surface area contributed by atoms with Crippen molar-refractivity contribution in [2.24, 2.45) is 7.05 Å². The van der Waals surface area contributed by atoms with Crippen LogP contribution in [0.5, 0.6) is 0 Å². The summed E-state index contributed by atoms with van der Waals surface area (Å²) in [4.78, 5) is 0. The first kappa shape index (κ1) is 14.2. The Morgan fingerprint density at radius 2 is 2.15 bits per heavy atom. The molecule has 104 valence electrons. The first-order valence-corrected chi connectivity index (χ1v) is 6.54. The van der Waals surface area contributed by atoms with Crippen LogP contribution in [0.2, 0.25) is 0 Å². The molecule has 20 heavy (non-hydrogen) atoms. The van der Waals surface area contributed by atoms with E-state index in [0.29, 0.717) is 18.7 Å². The molecule has 0 unspecified atom stereocenters. The van der Waals surface area contributed by atoms with Crippen molar-refractivity contribution in [3.63, 3.8) is 0 Å². The highest BCUT2D eigenvalue weighted by Crippen LogP contribution is 2.10. The quantitative estimate of drug-likeness (QED) is 0.908. The van der Waals surface area contributed by atoms with Gasteiger partial charge >= 0.3 is 0 Å². The fourth-order valence-electron chi connectivity index (χ4n) is 2.19. The Hall–Kier alpha value is -2.19. The summed E-state index contributed by atoms with van der Waals surface area (Å²) in [6.07, 6.45) is 2.87. The van der Waals surface area contributed by atoms with Crippen molar-refractivity contribution >= 4 is 0 Å². The van der Waals surface area contributed by atoms with Crippen LogP contribution in [0.1, 0.15) is 29.3 Å². The number of nitriles is 1. The Morgan fingerprint density at radius 3 is 2.85 bits per heavy atom. The standard InChI is InChI=1S/C15H17FN4/c1-3-15-13(10-20(2)19-15)9-18-8-12-4-11(7-17)5-14(16)6-12/h4-6,10,18H,3,8-9H2,1-2H3. The van der Waals surface area contributed by atoms with Gasteiger partial charge in [0.15, 0.2) is 0 Å². The molecule has 1 N–H and O–H groups in total. The second-order valence-electron chi connectivity index (χ2n) is 4.69. The van der Waals surface area contributed by atoms with E-state index in [9.17, 15) is 4.39 Å². The lowest BCUT2D eigenvalue weighted by Gasteiger charge is -2.05. The maximum atomic E-state index is 13.3. The minimum absolute atomic E-state index is 0.345. The van der Waals surface area contributed by atoms with Crippen LogP contribution >= 0.6 is 0 Å². The predicted molar refractivity (Wildman–Crippen MR) is 74.2 cm³/mol. The summed E-state index contributed by atoms with van der Waals surface area (Å²) in [5, 5.41) is 16.4. The van der Waals surface area contributed by atoms with Gasteiger partial charge in [-0.1, -0.05) is 6.92 Å². The monoisotopic (exact) mass is 272 g/mol. The third-order valence-electron chi connectivity index (χ3n) is 3.06. The zero-order valence-corrected chi connectivity index (χ0v) is 11.7. The van der Waals surface area contributed by atoms with E-state index in [4.69, 9.17) is 5.26 Å². The number of nitrogens with zero attached hydrogens (tertiary/aromatic N) is 3. The topological polar surface area (TPSA) is 53.6 Å². The molecule has 0 saturated carbocycles. The van der Waals surface area contributed by atoms with Crippen LogP contribution in [0.25, 0.3) is 0 Å². The second kappa shape index (κ2) is 6.31. The van der Waals surface area contributed by atoms with Gasteiger partial charge in [0.2, 0.25) is 0 Å². The lowest BCUT2D eigenvalue weighted by Crippen LogP contribution is -2.13. The highest BCUT2D eigenvalue weighted by atomic mass is 19.1. The third kappa shape index (κ3) is 3.43. The van der Waals surface area contributed by atoms with Crippen molar-refractivity contribution < 1.29 is 4.39 Å². The average Bonchev–Trinajstić information content (AvgIpc) is 2.78. The van der Waals surface area contributed by atoms with Gasteiger partial charge in [0, 0.05) is 31.9 Å². The molecule has 5 heteroatoms. The van der Waals surface area contributed by atoms with Crippen molar-refractivity contribution in [1.29, 1.82) is 5.26 Å². The van der Waals surface area contributed by atoms with Crippen molar-refractivity contribution in [3.8, 4) is 6.07 Å². The van der Waals surface area contributed by atoms with Crippen molar-refractivity contribution in [1.82, 2.24) is 15.1 Å². The molecule has 0 saturated heterocycles. The van der Waals surface area contributed by atoms with Crippen molar-refractivity contribution in [2.75, 3.05) is 0 Å². The molecule has 0 radical (unpaired) electrons. The number of hydrogen-bond donors (Lipinski definition) is 1. The predicted octanol–water partition coefficient (Wildman–Crippen LogP) is 2.28. The molecule has 0 aliphatic rings. The summed E-state index contributed by atoms with van der Waals surface area (Å²) >= 11 is 0. The van der Waals surface area contributed by atoms with Gasteiger partial charge in [-0.15, -0.1) is 0 Å². The lowest BCUT2D eigenvalue weighted by molar-refractivity contribution is 0.619. The van der Waals surface area contributed by atoms with Crippen LogP contribution in [-0.4, -0.2) is 9.78 Å². The molecular formula is C15H17FN4. The SMILES string of the molecule is CCc1nn(C)cc1CNCc1cc(F)cc(C#N)c1. The van der Waals surface area contributed by atoms with E-state index in [-0.39, 0.29) is 5.82 Å². The second-order valence-corrected chi connectivity index (χ2v) is 4.69. The van der Waals surface area contributed by atoms with E-state index >= 15 is 0 Å². The molecule has 1 heterocycles. The number of rotatable bonds is 5. The smallest absolute Gasteiger partial charge is 0.124 e. The normalized spacial score (nSPS) is 10.5. The van der Waals surface area contributed by atoms with Gasteiger partial charge in [-0.25, -0.2) is 4.39 Å². The van der Waals surface area contributed by atoms with Crippen LogP contribution in [0.4, 0.5) is 4.39 Å². The van der Waals surface area contributed by atoms with E-state index in [1.165, 1.54) is 12.1 Å². The molecule has 0 fully saturated rings. The summed E-state index contributed by atoms with van der Waals surface area (Å²) in [6.45, 7) is 3.26. The number of aromatic nitrogens is 2. The molecule has 0 spiro atoms. The Balaban J connectivity index is 1.99. The van der Waals surface area contributed by atoms with Crippen LogP contribution < -0.4 is 5.32 Å². The number of hydrogen-bond acceptors (Lipinski definition) is 3. The first-order chi connectivity index (χ1) is 9.62. The van der Waals surface area contributed by atoms with Gasteiger partial charge in [-0.05, 0) is 30.2 Å². The van der Waals surface area contributed by atoms with Crippen LogP contribution in [0.3, 0.4) is 0 Å². The van der Waals surface area contributed by atoms with Gasteiger partial charge < -0.3 is 5.32 Å². The highest BCUT2D eigenvalue weighted by Gasteiger charge is 2.06. The van der Waals surface area contributed by atoms with Crippen LogP contribution in [0, 0.1) is 17.1 Å². The first-order valence-electron chi connectivity index (χ1n) is 6.54. The number of aryl methyl sites for hydroxylation is 2. The van der Waals surface area contributed by atoms with E-state index < -0.39 is 0 Å². The Bertz CT molecular complexity index is 640. The molecule has 0 bridgehead atoms. The molecule has 0 amide bonds. The molecule has 0 aliphatic carbocycles. The molecule has 0 aliphatic heterocycles. The maximum absolute atomic E-state index is 13.3. The van der Waals surface area contributed by atoms with Gasteiger partial charge in [0.1, 0.15) is 5.82 Å². The molecule has 0 atom stereocenters. The number of nitrogens with one attached hydrogen (secondary N) is 1. The Morgan fingerprint density at radius 1 is 1.35 bits per heavy atom. The number of halogens is 1. The summed E-state index contributed by atoms with van der Waals surface area (Å²) in [5.41, 5.74) is 3.32. The Labute approximate surface area is 117 Å². The molecule has 1 aromatic heterocycles. The van der Waals surface area contributed by atoms with Crippen LogP contribution in [0.15, 0.2) is 24.4 Å². The molecule has 1 aromatic carbocycles. The van der Waals surface area contributed by atoms with Gasteiger partial charge in [0.05, 0.1) is 17.3 Å². The molecule has 2 rings (SSSR count). The summed E-state index contributed by atoms with van der Waals surface area (Å²) in [7, 11) is 1.90. The van der Waals surface area contributed by atoms with Gasteiger partial charge in [-0.3, -0.25) is 4.68 Å². The molecule has 4 nitrogen and oxygen atoms in total. The minimum atomic E-state index is -0.378. The van der Waals surface area contributed by atoms with E-state index in [2.05, 4.69) is 17.3 Å².